The van der Waals surface area contributed by atoms with Gasteiger partial charge in [0.05, 0.1) is 18.2 Å². The zero-order valence-electron chi connectivity index (χ0n) is 39.6. The minimum atomic E-state index is -0.505. The van der Waals surface area contributed by atoms with Gasteiger partial charge in [0.25, 0.3) is 11.5 Å². The van der Waals surface area contributed by atoms with Gasteiger partial charge in [-0.1, -0.05) is 12.2 Å². The average Bonchev–Trinajstić information content (AvgIpc) is 3.76. The van der Waals surface area contributed by atoms with E-state index in [1.807, 2.05) is 93.0 Å². The number of amides is 3. The molecule has 0 spiro atoms. The van der Waals surface area contributed by atoms with Gasteiger partial charge in [-0.3, -0.25) is 9.59 Å². The van der Waals surface area contributed by atoms with Crippen LogP contribution in [0.2, 0.25) is 0 Å². The molecule has 0 aromatic carbocycles. The largest absolute Gasteiger partial charge is 0.465 e. The molecule has 63 heavy (non-hydrogen) atoms. The quantitative estimate of drug-likeness (QED) is 0.115. The smallest absolute Gasteiger partial charge is 0.407 e. The van der Waals surface area contributed by atoms with E-state index < -0.39 is 11.2 Å². The van der Waals surface area contributed by atoms with Crippen LogP contribution < -0.4 is 21.5 Å². The van der Waals surface area contributed by atoms with Crippen molar-refractivity contribution >= 4 is 57.9 Å². The zero-order valence-corrected chi connectivity index (χ0v) is 41.3. The van der Waals surface area contributed by atoms with Crippen LogP contribution in [-0.2, 0) is 20.8 Å². The van der Waals surface area contributed by atoms with Crippen molar-refractivity contribution in [2.75, 3.05) is 7.11 Å². The number of carbonyl (C=O) groups is 4. The Hall–Kier alpha value is -4.69. The molecule has 3 aromatic heterocycles. The number of hydrogen-bond donors (Lipinski definition) is 4. The van der Waals surface area contributed by atoms with Gasteiger partial charge in [0.15, 0.2) is 0 Å². The van der Waals surface area contributed by atoms with Crippen LogP contribution >= 0.6 is 22.7 Å². The number of nitrogens with one attached hydrogen (secondary N) is 4. The maximum absolute atomic E-state index is 13.0. The highest BCUT2D eigenvalue weighted by molar-refractivity contribution is 7.12. The van der Waals surface area contributed by atoms with Gasteiger partial charge in [0, 0.05) is 50.4 Å². The first-order valence-electron chi connectivity index (χ1n) is 22.1. The van der Waals surface area contributed by atoms with E-state index in [9.17, 15) is 24.0 Å². The molecule has 5 rings (SSSR count). The molecular formula is C49H70N4O8S2. The van der Waals surface area contributed by atoms with Crippen molar-refractivity contribution in [1.82, 2.24) is 20.9 Å². The first kappa shape index (κ1) is 50.9. The SMILES string of the molecule is C/C=C(/c1scc(C(=O)NCc2c(C)cc(C)[nH]c2=O)c1C)C1CCC(NC(=O)OC(C)(C)C)CC1.C/C=C(/c1scc(C(=O)OC)c1C)C1CCC(NC(=O)OC(C)(C)C)CC1. The number of allylic oxidation sites excluding steroid dienone is 4. The Balaban J connectivity index is 0.000000288. The van der Waals surface area contributed by atoms with Crippen LogP contribution in [0.25, 0.3) is 11.1 Å². The summed E-state index contributed by atoms with van der Waals surface area (Å²) in [7, 11) is 1.41. The number of esters is 1. The first-order chi connectivity index (χ1) is 29.5. The number of methoxy groups -OCH3 is 1. The van der Waals surface area contributed by atoms with Gasteiger partial charge in [-0.25, -0.2) is 14.4 Å². The van der Waals surface area contributed by atoms with E-state index in [1.54, 1.807) is 22.7 Å². The van der Waals surface area contributed by atoms with Crippen molar-refractivity contribution in [1.29, 1.82) is 0 Å². The van der Waals surface area contributed by atoms with Gasteiger partial charge in [-0.15, -0.1) is 22.7 Å². The fourth-order valence-electron chi connectivity index (χ4n) is 8.45. The molecule has 3 aromatic rings. The van der Waals surface area contributed by atoms with Crippen LogP contribution in [0.1, 0.15) is 165 Å². The highest BCUT2D eigenvalue weighted by Gasteiger charge is 2.31. The zero-order chi connectivity index (χ0) is 46.8. The third-order valence-corrected chi connectivity index (χ3v) is 13.8. The van der Waals surface area contributed by atoms with Gasteiger partial charge < -0.3 is 35.1 Å². The maximum atomic E-state index is 13.0. The molecule has 14 heteroatoms. The molecule has 2 aliphatic rings. The summed E-state index contributed by atoms with van der Waals surface area (Å²) in [5.74, 6) is 0.370. The number of H-pyrrole nitrogens is 1. The molecule has 0 atom stereocenters. The molecule has 2 saturated carbocycles. The molecule has 12 nitrogen and oxygen atoms in total. The second-order valence-electron chi connectivity index (χ2n) is 18.7. The Morgan fingerprint density at radius 2 is 1.14 bits per heavy atom. The maximum Gasteiger partial charge on any atom is 0.407 e. The lowest BCUT2D eigenvalue weighted by atomic mass is 9.80. The Labute approximate surface area is 382 Å². The topological polar surface area (TPSA) is 165 Å². The predicted octanol–water partition coefficient (Wildman–Crippen LogP) is 11.1. The van der Waals surface area contributed by atoms with Crippen LogP contribution in [0.3, 0.4) is 0 Å². The van der Waals surface area contributed by atoms with Crippen LogP contribution in [0.15, 0.2) is 33.8 Å². The average molecular weight is 907 g/mol. The fourth-order valence-corrected chi connectivity index (χ4v) is 10.9. The van der Waals surface area contributed by atoms with Gasteiger partial charge in [0.1, 0.15) is 11.2 Å². The molecule has 346 valence electrons. The van der Waals surface area contributed by atoms with Gasteiger partial charge in [0.2, 0.25) is 0 Å². The van der Waals surface area contributed by atoms with Crippen molar-refractivity contribution in [2.24, 2.45) is 11.8 Å². The lowest BCUT2D eigenvalue weighted by Gasteiger charge is -2.31. The van der Waals surface area contributed by atoms with Crippen LogP contribution in [0.5, 0.6) is 0 Å². The van der Waals surface area contributed by atoms with Gasteiger partial charge in [-0.05, 0) is 180 Å². The van der Waals surface area contributed by atoms with Crippen LogP contribution in [-0.4, -0.2) is 59.4 Å². The van der Waals surface area contributed by atoms with E-state index in [4.69, 9.17) is 14.2 Å². The summed E-state index contributed by atoms with van der Waals surface area (Å²) in [4.78, 5) is 66.4. The number of thiophene rings is 2. The van der Waals surface area contributed by atoms with Crippen molar-refractivity contribution in [3.05, 3.63) is 88.2 Å². The summed E-state index contributed by atoms with van der Waals surface area (Å²) in [6.07, 6.45) is 11.2. The number of aromatic amines is 1. The van der Waals surface area contributed by atoms with Crippen molar-refractivity contribution < 1.29 is 33.4 Å². The van der Waals surface area contributed by atoms with E-state index in [2.05, 4.69) is 40.0 Å². The molecule has 3 amide bonds. The molecule has 0 radical (unpaired) electrons. The van der Waals surface area contributed by atoms with Gasteiger partial charge in [-0.2, -0.15) is 0 Å². The summed E-state index contributed by atoms with van der Waals surface area (Å²) in [6, 6.07) is 2.19. The Kier molecular flexibility index (Phi) is 18.0. The number of carbonyl (C=O) groups excluding carboxylic acids is 4. The minimum Gasteiger partial charge on any atom is -0.465 e. The molecule has 4 N–H and O–H groups in total. The monoisotopic (exact) mass is 906 g/mol. The standard InChI is InChI=1S/C28H39N3O4S.C21H31NO4S/c1-8-21(19-9-11-20(12-10-19)31-27(34)35-28(5,6)7)24-18(4)23(15-36-24)25(32)29-14-22-16(2)13-17(3)30-26(22)33;1-7-16(18-13(2)17(12-27-18)19(23)25-6)14-8-10-15(11-9-14)22-20(24)26-21(3,4)5/h8,13,15,19-20H,9-12,14H2,1-7H3,(H,29,32)(H,30,33)(H,31,34);7,12,14-15H,8-11H2,1-6H3,(H,22,24)/b21-8+;16-7+. The van der Waals surface area contributed by atoms with E-state index in [-0.39, 0.29) is 48.3 Å². The van der Waals surface area contributed by atoms with Gasteiger partial charge >= 0.3 is 18.2 Å². The van der Waals surface area contributed by atoms with E-state index in [0.717, 1.165) is 78.6 Å². The fraction of sp³-hybridized carbons (Fsp3) is 0.571. The second kappa shape index (κ2) is 22.3. The van der Waals surface area contributed by atoms with Crippen molar-refractivity contribution in [3.63, 3.8) is 0 Å². The molecule has 0 unspecified atom stereocenters. The number of ether oxygens (including phenoxy) is 3. The third kappa shape index (κ3) is 14.4. The third-order valence-electron chi connectivity index (χ3n) is 11.6. The lowest BCUT2D eigenvalue weighted by Crippen LogP contribution is -2.41. The molecule has 3 heterocycles. The second-order valence-corrected chi connectivity index (χ2v) is 20.5. The molecule has 0 aliphatic heterocycles. The Morgan fingerprint density at radius 1 is 0.714 bits per heavy atom. The molecule has 2 fully saturated rings. The van der Waals surface area contributed by atoms with E-state index >= 15 is 0 Å². The van der Waals surface area contributed by atoms with Crippen molar-refractivity contribution in [3.8, 4) is 0 Å². The number of aromatic nitrogens is 1. The summed E-state index contributed by atoms with van der Waals surface area (Å²) in [6.45, 7) is 23.2. The Bertz CT molecular complexity index is 2200. The molecule has 0 saturated heterocycles. The first-order valence-corrected chi connectivity index (χ1v) is 23.9. The number of hydrogen-bond acceptors (Lipinski definition) is 10. The van der Waals surface area contributed by atoms with E-state index in [1.165, 1.54) is 23.1 Å². The van der Waals surface area contributed by atoms with Crippen LogP contribution in [0.4, 0.5) is 9.59 Å². The molecular weight excluding hydrogens is 837 g/mol. The molecule has 0 bridgehead atoms. The van der Waals surface area contributed by atoms with Crippen molar-refractivity contribution in [2.45, 2.75) is 164 Å². The van der Waals surface area contributed by atoms with Crippen LogP contribution in [0, 0.1) is 39.5 Å². The number of rotatable bonds is 10. The Morgan fingerprint density at radius 3 is 1.54 bits per heavy atom. The predicted molar refractivity (Wildman–Crippen MR) is 255 cm³/mol. The number of alkyl carbamates (subject to hydrolysis) is 2. The number of aryl methyl sites for hydroxylation is 2. The summed E-state index contributed by atoms with van der Waals surface area (Å²) in [5.41, 5.74) is 6.92. The minimum absolute atomic E-state index is 0.119. The normalized spacial score (nSPS) is 19.6. The summed E-state index contributed by atoms with van der Waals surface area (Å²) < 4.78 is 15.6. The number of pyridine rings is 1. The summed E-state index contributed by atoms with van der Waals surface area (Å²) >= 11 is 3.20. The highest BCUT2D eigenvalue weighted by Crippen LogP contribution is 2.41. The summed E-state index contributed by atoms with van der Waals surface area (Å²) in [5, 5.41) is 12.7. The van der Waals surface area contributed by atoms with E-state index in [0.29, 0.717) is 28.5 Å². The molecule has 2 aliphatic carbocycles. The highest BCUT2D eigenvalue weighted by atomic mass is 32.1. The lowest BCUT2D eigenvalue weighted by molar-refractivity contribution is 0.0478.